The summed E-state index contributed by atoms with van der Waals surface area (Å²) in [6.07, 6.45) is 0. The molecule has 2 N–H and O–H groups in total. The molecule has 0 saturated heterocycles. The first-order valence-electron chi connectivity index (χ1n) is 5.94. The Morgan fingerprint density at radius 3 is 2.61 bits per heavy atom. The standard InChI is InChI=1S/C14H18N2OS/c1-8(2)13-12(16-14(15)18-13)10-5-6-11(17-4)9(3)7-10/h5-8H,1-4H3,(H2,15,16). The quantitative estimate of drug-likeness (QED) is 0.914. The van der Waals surface area contributed by atoms with E-state index in [0.717, 1.165) is 22.6 Å². The Bertz CT molecular complexity index is 561. The minimum Gasteiger partial charge on any atom is -0.496 e. The topological polar surface area (TPSA) is 48.1 Å². The molecule has 3 nitrogen and oxygen atoms in total. The summed E-state index contributed by atoms with van der Waals surface area (Å²) in [7, 11) is 1.68. The van der Waals surface area contributed by atoms with E-state index in [4.69, 9.17) is 10.5 Å². The number of aryl methyl sites for hydroxylation is 1. The van der Waals surface area contributed by atoms with E-state index in [-0.39, 0.29) is 0 Å². The number of ether oxygens (including phenoxy) is 1. The minimum atomic E-state index is 0.428. The lowest BCUT2D eigenvalue weighted by atomic mass is 10.0. The van der Waals surface area contributed by atoms with E-state index in [2.05, 4.69) is 24.9 Å². The number of aromatic nitrogens is 1. The van der Waals surface area contributed by atoms with Crippen LogP contribution in [0.25, 0.3) is 11.3 Å². The molecule has 96 valence electrons. The molecule has 0 bridgehead atoms. The van der Waals surface area contributed by atoms with Gasteiger partial charge >= 0.3 is 0 Å². The first-order valence-corrected chi connectivity index (χ1v) is 6.75. The zero-order valence-electron chi connectivity index (χ0n) is 11.2. The van der Waals surface area contributed by atoms with Crippen LogP contribution in [0.15, 0.2) is 18.2 Å². The molecule has 2 rings (SSSR count). The van der Waals surface area contributed by atoms with Crippen molar-refractivity contribution in [2.24, 2.45) is 0 Å². The Balaban J connectivity index is 2.51. The molecular formula is C14H18N2OS. The van der Waals surface area contributed by atoms with Gasteiger partial charge in [0.25, 0.3) is 0 Å². The highest BCUT2D eigenvalue weighted by Crippen LogP contribution is 2.36. The van der Waals surface area contributed by atoms with Gasteiger partial charge in [0.05, 0.1) is 12.8 Å². The van der Waals surface area contributed by atoms with E-state index in [9.17, 15) is 0 Å². The maximum Gasteiger partial charge on any atom is 0.180 e. The largest absolute Gasteiger partial charge is 0.496 e. The molecule has 0 unspecified atom stereocenters. The number of rotatable bonds is 3. The number of nitrogen functional groups attached to an aromatic ring is 1. The highest BCUT2D eigenvalue weighted by Gasteiger charge is 2.15. The van der Waals surface area contributed by atoms with Crippen molar-refractivity contribution in [2.75, 3.05) is 12.8 Å². The Morgan fingerprint density at radius 1 is 1.33 bits per heavy atom. The van der Waals surface area contributed by atoms with Crippen LogP contribution in [-0.2, 0) is 0 Å². The number of hydrogen-bond donors (Lipinski definition) is 1. The van der Waals surface area contributed by atoms with Gasteiger partial charge in [0.1, 0.15) is 5.75 Å². The third-order valence-corrected chi connectivity index (χ3v) is 4.05. The van der Waals surface area contributed by atoms with Crippen LogP contribution in [0, 0.1) is 6.92 Å². The number of thiazole rings is 1. The molecule has 0 fully saturated rings. The van der Waals surface area contributed by atoms with Crippen molar-refractivity contribution in [3.63, 3.8) is 0 Å². The van der Waals surface area contributed by atoms with Crippen molar-refractivity contribution in [3.05, 3.63) is 28.6 Å². The second-order valence-electron chi connectivity index (χ2n) is 4.60. The fourth-order valence-electron chi connectivity index (χ4n) is 1.97. The maximum absolute atomic E-state index is 5.83. The molecule has 1 heterocycles. The third kappa shape index (κ3) is 2.34. The monoisotopic (exact) mass is 262 g/mol. The summed E-state index contributed by atoms with van der Waals surface area (Å²) in [6.45, 7) is 6.35. The van der Waals surface area contributed by atoms with Crippen LogP contribution < -0.4 is 10.5 Å². The fourth-order valence-corrected chi connectivity index (χ4v) is 2.83. The van der Waals surface area contributed by atoms with Crippen molar-refractivity contribution in [1.29, 1.82) is 0 Å². The molecule has 1 aromatic heterocycles. The van der Waals surface area contributed by atoms with Crippen LogP contribution >= 0.6 is 11.3 Å². The van der Waals surface area contributed by atoms with Crippen molar-refractivity contribution in [1.82, 2.24) is 4.98 Å². The highest BCUT2D eigenvalue weighted by molar-refractivity contribution is 7.15. The van der Waals surface area contributed by atoms with Gasteiger partial charge in [-0.15, -0.1) is 11.3 Å². The predicted octanol–water partition coefficient (Wildman–Crippen LogP) is 3.83. The Kier molecular flexibility index (Phi) is 3.57. The molecule has 4 heteroatoms. The number of nitrogens with two attached hydrogens (primary N) is 1. The molecule has 0 aliphatic carbocycles. The van der Waals surface area contributed by atoms with Crippen molar-refractivity contribution < 1.29 is 4.74 Å². The first kappa shape index (κ1) is 12.9. The van der Waals surface area contributed by atoms with E-state index in [1.807, 2.05) is 19.1 Å². The van der Waals surface area contributed by atoms with Gasteiger partial charge in [0.15, 0.2) is 5.13 Å². The van der Waals surface area contributed by atoms with Gasteiger partial charge in [0, 0.05) is 10.4 Å². The van der Waals surface area contributed by atoms with Crippen LogP contribution in [0.1, 0.15) is 30.2 Å². The summed E-state index contributed by atoms with van der Waals surface area (Å²) >= 11 is 1.57. The Hall–Kier alpha value is -1.55. The number of anilines is 1. The third-order valence-electron chi connectivity index (χ3n) is 2.86. The van der Waals surface area contributed by atoms with Crippen LogP contribution in [0.2, 0.25) is 0 Å². The predicted molar refractivity (Wildman–Crippen MR) is 77.3 cm³/mol. The summed E-state index contributed by atoms with van der Waals surface area (Å²) < 4.78 is 5.28. The minimum absolute atomic E-state index is 0.428. The molecule has 0 aliphatic rings. The van der Waals surface area contributed by atoms with Gasteiger partial charge in [-0.1, -0.05) is 13.8 Å². The van der Waals surface area contributed by atoms with Gasteiger partial charge in [0.2, 0.25) is 0 Å². The van der Waals surface area contributed by atoms with Crippen LogP contribution in [-0.4, -0.2) is 12.1 Å². The van der Waals surface area contributed by atoms with Gasteiger partial charge in [-0.25, -0.2) is 4.98 Å². The average molecular weight is 262 g/mol. The van der Waals surface area contributed by atoms with Crippen molar-refractivity contribution in [3.8, 4) is 17.0 Å². The summed E-state index contributed by atoms with van der Waals surface area (Å²) in [5, 5.41) is 0.627. The highest BCUT2D eigenvalue weighted by atomic mass is 32.1. The molecule has 0 atom stereocenters. The van der Waals surface area contributed by atoms with Crippen molar-refractivity contribution in [2.45, 2.75) is 26.7 Å². The molecule has 0 spiro atoms. The van der Waals surface area contributed by atoms with E-state index in [0.29, 0.717) is 11.0 Å². The molecule has 1 aromatic carbocycles. The van der Waals surface area contributed by atoms with E-state index in [1.54, 1.807) is 18.4 Å². The van der Waals surface area contributed by atoms with Crippen LogP contribution in [0.3, 0.4) is 0 Å². The fraction of sp³-hybridized carbons (Fsp3) is 0.357. The zero-order chi connectivity index (χ0) is 13.3. The van der Waals surface area contributed by atoms with Gasteiger partial charge in [-0.05, 0) is 36.6 Å². The van der Waals surface area contributed by atoms with E-state index >= 15 is 0 Å². The molecule has 18 heavy (non-hydrogen) atoms. The lowest BCUT2D eigenvalue weighted by Gasteiger charge is -2.08. The number of benzene rings is 1. The molecule has 2 aromatic rings. The van der Waals surface area contributed by atoms with E-state index in [1.165, 1.54) is 4.88 Å². The summed E-state index contributed by atoms with van der Waals surface area (Å²) in [4.78, 5) is 5.69. The van der Waals surface area contributed by atoms with Gasteiger partial charge < -0.3 is 10.5 Å². The number of methoxy groups -OCH3 is 1. The number of nitrogens with zero attached hydrogens (tertiary/aromatic N) is 1. The maximum atomic E-state index is 5.83. The molecule has 0 aliphatic heterocycles. The Labute approximate surface area is 112 Å². The van der Waals surface area contributed by atoms with Crippen molar-refractivity contribution >= 4 is 16.5 Å². The van der Waals surface area contributed by atoms with Gasteiger partial charge in [-0.3, -0.25) is 0 Å². The normalized spacial score (nSPS) is 10.9. The summed E-state index contributed by atoms with van der Waals surface area (Å²) in [6, 6.07) is 6.11. The lowest BCUT2D eigenvalue weighted by molar-refractivity contribution is 0.412. The van der Waals surface area contributed by atoms with Crippen LogP contribution in [0.5, 0.6) is 5.75 Å². The Morgan fingerprint density at radius 2 is 2.06 bits per heavy atom. The molecule has 0 amide bonds. The average Bonchev–Trinajstić information content (AvgIpc) is 2.71. The zero-order valence-corrected chi connectivity index (χ0v) is 12.0. The van der Waals surface area contributed by atoms with Gasteiger partial charge in [-0.2, -0.15) is 0 Å². The SMILES string of the molecule is COc1ccc(-c2nc(N)sc2C(C)C)cc1C. The smallest absolute Gasteiger partial charge is 0.180 e. The summed E-state index contributed by atoms with van der Waals surface area (Å²) in [5.74, 6) is 1.32. The first-order chi connectivity index (χ1) is 8.52. The van der Waals surface area contributed by atoms with E-state index < -0.39 is 0 Å². The molecule has 0 radical (unpaired) electrons. The summed E-state index contributed by atoms with van der Waals surface area (Å²) in [5.41, 5.74) is 9.04. The second kappa shape index (κ2) is 4.98. The lowest BCUT2D eigenvalue weighted by Crippen LogP contribution is -1.91. The second-order valence-corrected chi connectivity index (χ2v) is 5.67. The molecule has 0 saturated carbocycles. The van der Waals surface area contributed by atoms with Crippen LogP contribution in [0.4, 0.5) is 5.13 Å². The molecular weight excluding hydrogens is 244 g/mol. The number of hydrogen-bond acceptors (Lipinski definition) is 4.